The van der Waals surface area contributed by atoms with E-state index in [4.69, 9.17) is 4.74 Å². The lowest BCUT2D eigenvalue weighted by atomic mass is 10.1. The Hall–Kier alpha value is -2.30. The van der Waals surface area contributed by atoms with E-state index in [-0.39, 0.29) is 11.9 Å². The number of para-hydroxylation sites is 1. The number of nitrogens with zero attached hydrogens (tertiary/aromatic N) is 1. The Morgan fingerprint density at radius 3 is 2.95 bits per heavy atom. The van der Waals surface area contributed by atoms with Crippen LogP contribution >= 0.6 is 0 Å². The number of hydrogen-bond donors (Lipinski definition) is 2. The summed E-state index contributed by atoms with van der Waals surface area (Å²) < 4.78 is 5.23. The molecule has 5 heteroatoms. The third-order valence-electron chi connectivity index (χ3n) is 2.94. The van der Waals surface area contributed by atoms with Crippen molar-refractivity contribution in [3.63, 3.8) is 0 Å². The van der Waals surface area contributed by atoms with Gasteiger partial charge in [-0.3, -0.25) is 9.89 Å². The number of H-pyrrole nitrogens is 1. The molecule has 5 nitrogen and oxygen atoms in total. The fourth-order valence-corrected chi connectivity index (χ4v) is 1.90. The van der Waals surface area contributed by atoms with Crippen LogP contribution < -0.4 is 10.1 Å². The predicted molar refractivity (Wildman–Crippen MR) is 71.8 cm³/mol. The van der Waals surface area contributed by atoms with Crippen molar-refractivity contribution >= 4 is 5.91 Å². The lowest BCUT2D eigenvalue weighted by Crippen LogP contribution is -2.28. The van der Waals surface area contributed by atoms with Crippen LogP contribution in [0.15, 0.2) is 36.7 Å². The first-order valence-corrected chi connectivity index (χ1v) is 6.10. The number of carbonyl (C=O) groups excluding carboxylic acids is 1. The highest BCUT2D eigenvalue weighted by atomic mass is 16.5. The summed E-state index contributed by atoms with van der Waals surface area (Å²) in [6.45, 7) is 1.92. The number of hydrogen-bond acceptors (Lipinski definition) is 3. The zero-order valence-electron chi connectivity index (χ0n) is 11.0. The van der Waals surface area contributed by atoms with E-state index in [1.165, 1.54) is 0 Å². The molecule has 0 fully saturated rings. The van der Waals surface area contributed by atoms with Crippen LogP contribution in [0, 0.1) is 0 Å². The second-order valence-corrected chi connectivity index (χ2v) is 4.31. The fourth-order valence-electron chi connectivity index (χ4n) is 1.90. The van der Waals surface area contributed by atoms with Gasteiger partial charge in [-0.1, -0.05) is 18.2 Å². The average molecular weight is 259 g/mol. The molecule has 1 atom stereocenters. The minimum Gasteiger partial charge on any atom is -0.496 e. The monoisotopic (exact) mass is 259 g/mol. The summed E-state index contributed by atoms with van der Waals surface area (Å²) in [4.78, 5) is 12.0. The second-order valence-electron chi connectivity index (χ2n) is 4.31. The first-order valence-electron chi connectivity index (χ1n) is 6.10. The first kappa shape index (κ1) is 13.1. The summed E-state index contributed by atoms with van der Waals surface area (Å²) in [5.74, 6) is 0.687. The average Bonchev–Trinajstić information content (AvgIpc) is 2.93. The topological polar surface area (TPSA) is 67.0 Å². The molecule has 0 aliphatic rings. The van der Waals surface area contributed by atoms with Gasteiger partial charge in [-0.25, -0.2) is 0 Å². The molecule has 2 rings (SSSR count). The van der Waals surface area contributed by atoms with Gasteiger partial charge < -0.3 is 10.1 Å². The van der Waals surface area contributed by atoms with Crippen LogP contribution in [0.4, 0.5) is 0 Å². The Morgan fingerprint density at radius 2 is 2.26 bits per heavy atom. The zero-order chi connectivity index (χ0) is 13.7. The molecule has 1 aromatic heterocycles. The molecule has 0 aliphatic heterocycles. The molecule has 1 aromatic carbocycles. The van der Waals surface area contributed by atoms with Crippen LogP contribution in [0.3, 0.4) is 0 Å². The maximum atomic E-state index is 12.0. The molecule has 0 bridgehead atoms. The van der Waals surface area contributed by atoms with Crippen molar-refractivity contribution in [2.24, 2.45) is 0 Å². The number of aromatic amines is 1. The van der Waals surface area contributed by atoms with E-state index in [0.717, 1.165) is 16.9 Å². The summed E-state index contributed by atoms with van der Waals surface area (Å²) in [6, 6.07) is 7.45. The molecule has 2 aromatic rings. The largest absolute Gasteiger partial charge is 0.496 e. The van der Waals surface area contributed by atoms with Gasteiger partial charge in [0.05, 0.1) is 25.8 Å². The van der Waals surface area contributed by atoms with Gasteiger partial charge in [-0.15, -0.1) is 0 Å². The number of aromatic nitrogens is 2. The summed E-state index contributed by atoms with van der Waals surface area (Å²) in [5, 5.41) is 9.52. The number of benzene rings is 1. The summed E-state index contributed by atoms with van der Waals surface area (Å²) in [5.41, 5.74) is 1.83. The third kappa shape index (κ3) is 3.34. The Kier molecular flexibility index (Phi) is 4.18. The molecule has 0 spiro atoms. The molecule has 0 radical (unpaired) electrons. The third-order valence-corrected chi connectivity index (χ3v) is 2.94. The number of carbonyl (C=O) groups is 1. The van der Waals surface area contributed by atoms with Gasteiger partial charge in [0.15, 0.2) is 0 Å². The highest BCUT2D eigenvalue weighted by molar-refractivity contribution is 5.79. The van der Waals surface area contributed by atoms with Crippen LogP contribution in [-0.4, -0.2) is 23.2 Å². The Morgan fingerprint density at radius 1 is 1.47 bits per heavy atom. The van der Waals surface area contributed by atoms with Crippen molar-refractivity contribution in [1.29, 1.82) is 0 Å². The number of amides is 1. The molecule has 1 unspecified atom stereocenters. The molecular weight excluding hydrogens is 242 g/mol. The maximum absolute atomic E-state index is 12.0. The smallest absolute Gasteiger partial charge is 0.225 e. The Labute approximate surface area is 112 Å². The van der Waals surface area contributed by atoms with Crippen molar-refractivity contribution in [2.45, 2.75) is 19.4 Å². The van der Waals surface area contributed by atoms with Gasteiger partial charge in [0.1, 0.15) is 5.75 Å². The Bertz CT molecular complexity index is 537. The minimum absolute atomic E-state index is 0.0433. The number of nitrogens with one attached hydrogen (secondary N) is 2. The normalized spacial score (nSPS) is 11.9. The van der Waals surface area contributed by atoms with Gasteiger partial charge in [-0.05, 0) is 13.0 Å². The second kappa shape index (κ2) is 6.04. The Balaban J connectivity index is 1.98. The van der Waals surface area contributed by atoms with E-state index in [2.05, 4.69) is 15.5 Å². The minimum atomic E-state index is -0.0686. The summed E-state index contributed by atoms with van der Waals surface area (Å²) in [6.07, 6.45) is 3.77. The standard InChI is InChI=1S/C14H17N3O2/c1-10(12-8-15-16-9-12)17-14(18)7-11-5-3-4-6-13(11)19-2/h3-6,8-10H,7H2,1-2H3,(H,15,16)(H,17,18). The predicted octanol–water partition coefficient (Wildman–Crippen LogP) is 1.84. The molecule has 100 valence electrons. The maximum Gasteiger partial charge on any atom is 0.225 e. The van der Waals surface area contributed by atoms with E-state index in [0.29, 0.717) is 6.42 Å². The number of ether oxygens (including phenoxy) is 1. The van der Waals surface area contributed by atoms with Crippen molar-refractivity contribution < 1.29 is 9.53 Å². The number of methoxy groups -OCH3 is 1. The van der Waals surface area contributed by atoms with Gasteiger partial charge in [0.25, 0.3) is 0 Å². The zero-order valence-corrected chi connectivity index (χ0v) is 11.0. The van der Waals surface area contributed by atoms with E-state index in [1.807, 2.05) is 31.2 Å². The molecule has 1 amide bonds. The molecule has 0 saturated carbocycles. The first-order chi connectivity index (χ1) is 9.20. The van der Waals surface area contributed by atoms with Crippen LogP contribution in [-0.2, 0) is 11.2 Å². The van der Waals surface area contributed by atoms with Crippen LogP contribution in [0.1, 0.15) is 24.1 Å². The molecule has 2 N–H and O–H groups in total. The van der Waals surface area contributed by atoms with Crippen molar-refractivity contribution in [1.82, 2.24) is 15.5 Å². The van der Waals surface area contributed by atoms with Crippen LogP contribution in [0.2, 0.25) is 0 Å². The van der Waals surface area contributed by atoms with Crippen molar-refractivity contribution in [3.8, 4) is 5.75 Å². The lowest BCUT2D eigenvalue weighted by molar-refractivity contribution is -0.121. The van der Waals surface area contributed by atoms with Gasteiger partial charge >= 0.3 is 0 Å². The van der Waals surface area contributed by atoms with E-state index in [1.54, 1.807) is 19.5 Å². The highest BCUT2D eigenvalue weighted by Gasteiger charge is 2.12. The quantitative estimate of drug-likeness (QED) is 0.861. The fraction of sp³-hybridized carbons (Fsp3) is 0.286. The van der Waals surface area contributed by atoms with E-state index < -0.39 is 0 Å². The van der Waals surface area contributed by atoms with Gasteiger partial charge in [0, 0.05) is 17.3 Å². The summed E-state index contributed by atoms with van der Waals surface area (Å²) in [7, 11) is 1.60. The summed E-state index contributed by atoms with van der Waals surface area (Å²) >= 11 is 0. The molecular formula is C14H17N3O2. The molecule has 19 heavy (non-hydrogen) atoms. The molecule has 0 aliphatic carbocycles. The highest BCUT2D eigenvalue weighted by Crippen LogP contribution is 2.18. The van der Waals surface area contributed by atoms with Crippen molar-refractivity contribution in [3.05, 3.63) is 47.8 Å². The molecule has 0 saturated heterocycles. The number of rotatable bonds is 5. The molecule has 1 heterocycles. The van der Waals surface area contributed by atoms with Gasteiger partial charge in [-0.2, -0.15) is 5.10 Å². The van der Waals surface area contributed by atoms with Crippen LogP contribution in [0.25, 0.3) is 0 Å². The van der Waals surface area contributed by atoms with Crippen molar-refractivity contribution in [2.75, 3.05) is 7.11 Å². The van der Waals surface area contributed by atoms with Crippen LogP contribution in [0.5, 0.6) is 5.75 Å². The van der Waals surface area contributed by atoms with Gasteiger partial charge in [0.2, 0.25) is 5.91 Å². The SMILES string of the molecule is COc1ccccc1CC(=O)NC(C)c1cn[nH]c1. The lowest BCUT2D eigenvalue weighted by Gasteiger charge is -2.13. The van der Waals surface area contributed by atoms with E-state index >= 15 is 0 Å². The van der Waals surface area contributed by atoms with E-state index in [9.17, 15) is 4.79 Å².